The summed E-state index contributed by atoms with van der Waals surface area (Å²) in [7, 11) is 0. The van der Waals surface area contributed by atoms with Gasteiger partial charge in [-0.3, -0.25) is 9.69 Å². The highest BCUT2D eigenvalue weighted by Crippen LogP contribution is 2.40. The third-order valence-electron chi connectivity index (χ3n) is 5.35. The number of ether oxygens (including phenoxy) is 2. The summed E-state index contributed by atoms with van der Waals surface area (Å²) < 4.78 is 13.4. The molecule has 1 fully saturated rings. The van der Waals surface area contributed by atoms with Gasteiger partial charge in [-0.05, 0) is 112 Å². The van der Waals surface area contributed by atoms with Crippen molar-refractivity contribution < 1.29 is 14.3 Å². The lowest BCUT2D eigenvalue weighted by Gasteiger charge is -2.15. The molecule has 0 aliphatic carbocycles. The van der Waals surface area contributed by atoms with Crippen molar-refractivity contribution in [2.75, 3.05) is 13.2 Å². The van der Waals surface area contributed by atoms with Crippen molar-refractivity contribution in [2.45, 2.75) is 20.5 Å². The van der Waals surface area contributed by atoms with Gasteiger partial charge in [0.25, 0.3) is 5.91 Å². The molecule has 1 heterocycles. The van der Waals surface area contributed by atoms with E-state index in [-0.39, 0.29) is 12.5 Å². The second kappa shape index (κ2) is 13.1. The molecule has 38 heavy (non-hydrogen) atoms. The number of thioether (sulfide) groups is 1. The number of hydrogen-bond donors (Lipinski definition) is 0. The van der Waals surface area contributed by atoms with Crippen LogP contribution in [-0.4, -0.2) is 29.1 Å². The highest BCUT2D eigenvalue weighted by Gasteiger charge is 2.32. The Morgan fingerprint density at radius 1 is 0.974 bits per heavy atom. The predicted octanol–water partition coefficient (Wildman–Crippen LogP) is 9.77. The molecule has 5 nitrogen and oxygen atoms in total. The zero-order chi connectivity index (χ0) is 27.4. The van der Waals surface area contributed by atoms with Crippen molar-refractivity contribution in [1.82, 2.24) is 4.90 Å². The molecule has 4 rings (SSSR count). The van der Waals surface area contributed by atoms with Gasteiger partial charge < -0.3 is 9.47 Å². The zero-order valence-electron chi connectivity index (χ0n) is 20.2. The van der Waals surface area contributed by atoms with Gasteiger partial charge in [-0.15, -0.1) is 0 Å². The van der Waals surface area contributed by atoms with Crippen molar-refractivity contribution >= 4 is 101 Å². The van der Waals surface area contributed by atoms with E-state index >= 15 is 0 Å². The second-order valence-corrected chi connectivity index (χ2v) is 11.9. The smallest absolute Gasteiger partial charge is 0.266 e. The van der Waals surface area contributed by atoms with Crippen molar-refractivity contribution in [3.8, 4) is 11.5 Å². The Morgan fingerprint density at radius 2 is 1.76 bits per heavy atom. The molecule has 0 spiro atoms. The van der Waals surface area contributed by atoms with Crippen LogP contribution in [0.15, 0.2) is 67.4 Å². The van der Waals surface area contributed by atoms with Gasteiger partial charge in [0.15, 0.2) is 16.7 Å². The molecule has 1 saturated heterocycles. The third kappa shape index (κ3) is 6.90. The van der Waals surface area contributed by atoms with Gasteiger partial charge in [-0.2, -0.15) is 0 Å². The molecular formula is C27H21Br2Cl3N2O3S. The Kier molecular flexibility index (Phi) is 10.1. The topological polar surface area (TPSA) is 51.1 Å². The molecule has 198 valence electrons. The molecule has 0 saturated carbocycles. The summed E-state index contributed by atoms with van der Waals surface area (Å²) in [5.41, 5.74) is 2.23. The maximum atomic E-state index is 13.2. The van der Waals surface area contributed by atoms with Crippen LogP contribution in [0.3, 0.4) is 0 Å². The molecule has 11 heteroatoms. The number of benzene rings is 3. The van der Waals surface area contributed by atoms with Crippen molar-refractivity contribution in [3.63, 3.8) is 0 Å². The van der Waals surface area contributed by atoms with Gasteiger partial charge in [0.05, 0.1) is 26.7 Å². The SMILES string of the molecule is CCOc1cc(/C=C2\SC(=Nc3ccc(Br)c(Cl)c3)N(CC)C2=O)cc(Br)c1OCc1ccc(Cl)cc1Cl. The normalized spacial score (nSPS) is 15.6. The first-order chi connectivity index (χ1) is 18.2. The van der Waals surface area contributed by atoms with Gasteiger partial charge >= 0.3 is 0 Å². The molecule has 0 aromatic heterocycles. The minimum absolute atomic E-state index is 0.119. The molecule has 1 aliphatic heterocycles. The minimum Gasteiger partial charge on any atom is -0.490 e. The Balaban J connectivity index is 1.62. The molecule has 3 aromatic rings. The van der Waals surface area contributed by atoms with Crippen LogP contribution in [-0.2, 0) is 11.4 Å². The van der Waals surface area contributed by atoms with Crippen LogP contribution in [0.5, 0.6) is 11.5 Å². The van der Waals surface area contributed by atoms with Crippen molar-refractivity contribution in [3.05, 3.63) is 88.6 Å². The fourth-order valence-electron chi connectivity index (χ4n) is 3.55. The van der Waals surface area contributed by atoms with E-state index in [9.17, 15) is 4.79 Å². The number of carbonyl (C=O) groups excluding carboxylic acids is 1. The van der Waals surface area contributed by atoms with Crippen LogP contribution in [0.25, 0.3) is 6.08 Å². The van der Waals surface area contributed by atoms with Crippen LogP contribution in [0.1, 0.15) is 25.0 Å². The summed E-state index contributed by atoms with van der Waals surface area (Å²) in [5, 5.41) is 2.22. The lowest BCUT2D eigenvalue weighted by Crippen LogP contribution is -2.28. The van der Waals surface area contributed by atoms with Gasteiger partial charge in [-0.1, -0.05) is 40.9 Å². The van der Waals surface area contributed by atoms with E-state index in [1.54, 1.807) is 23.1 Å². The van der Waals surface area contributed by atoms with Crippen LogP contribution in [0.4, 0.5) is 5.69 Å². The molecule has 1 aliphatic rings. The van der Waals surface area contributed by atoms with E-state index in [4.69, 9.17) is 44.3 Å². The Morgan fingerprint density at radius 3 is 2.45 bits per heavy atom. The molecule has 0 bridgehead atoms. The van der Waals surface area contributed by atoms with Crippen molar-refractivity contribution in [1.29, 1.82) is 0 Å². The predicted molar refractivity (Wildman–Crippen MR) is 165 cm³/mol. The number of amides is 1. The van der Waals surface area contributed by atoms with Gasteiger partial charge in [0.1, 0.15) is 6.61 Å². The van der Waals surface area contributed by atoms with Gasteiger partial charge in [-0.25, -0.2) is 4.99 Å². The largest absolute Gasteiger partial charge is 0.490 e. The van der Waals surface area contributed by atoms with E-state index in [1.165, 1.54) is 11.8 Å². The van der Waals surface area contributed by atoms with E-state index in [1.807, 2.05) is 50.3 Å². The summed E-state index contributed by atoms with van der Waals surface area (Å²) in [5.74, 6) is 0.959. The number of aliphatic imine (C=N–C) groups is 1. The Bertz CT molecular complexity index is 1450. The standard InChI is InChI=1S/C27H21Br2Cl3N2O3S/c1-3-34-26(35)24(38-27(34)33-18-7-8-19(28)22(32)13-18)11-15-9-20(29)25(23(10-15)36-4-2)37-14-16-5-6-17(30)12-21(16)31/h5-13H,3-4,14H2,1-2H3/b24-11-,33-27?. The zero-order valence-corrected chi connectivity index (χ0v) is 26.5. The van der Waals surface area contributed by atoms with Crippen LogP contribution in [0.2, 0.25) is 15.1 Å². The molecule has 0 unspecified atom stereocenters. The quantitative estimate of drug-likeness (QED) is 0.218. The summed E-state index contributed by atoms with van der Waals surface area (Å²) in [4.78, 5) is 20.0. The summed E-state index contributed by atoms with van der Waals surface area (Å²) in [6.07, 6.45) is 1.82. The number of rotatable bonds is 8. The average molecular weight is 720 g/mol. The van der Waals surface area contributed by atoms with Crippen LogP contribution in [0, 0.1) is 0 Å². The maximum Gasteiger partial charge on any atom is 0.266 e. The highest BCUT2D eigenvalue weighted by atomic mass is 79.9. The lowest BCUT2D eigenvalue weighted by molar-refractivity contribution is -0.122. The fraction of sp³-hybridized carbons (Fsp3) is 0.185. The molecule has 0 radical (unpaired) electrons. The monoisotopic (exact) mass is 716 g/mol. The Hall–Kier alpha value is -1.68. The molecule has 0 atom stereocenters. The van der Waals surface area contributed by atoms with Gasteiger partial charge in [0.2, 0.25) is 0 Å². The number of halogens is 5. The van der Waals surface area contributed by atoms with Crippen LogP contribution >= 0.6 is 78.4 Å². The van der Waals surface area contributed by atoms with Crippen molar-refractivity contribution in [2.24, 2.45) is 4.99 Å². The van der Waals surface area contributed by atoms with E-state index in [2.05, 4.69) is 36.9 Å². The molecule has 0 N–H and O–H groups in total. The number of hydrogen-bond acceptors (Lipinski definition) is 5. The number of amidine groups is 1. The molecular weight excluding hydrogens is 699 g/mol. The van der Waals surface area contributed by atoms with E-state index in [0.717, 1.165) is 15.6 Å². The highest BCUT2D eigenvalue weighted by molar-refractivity contribution is 9.10. The van der Waals surface area contributed by atoms with Crippen LogP contribution < -0.4 is 9.47 Å². The van der Waals surface area contributed by atoms with E-state index < -0.39 is 0 Å². The fourth-order valence-corrected chi connectivity index (χ4v) is 6.07. The first-order valence-electron chi connectivity index (χ1n) is 11.5. The number of likely N-dealkylation sites (N-methyl/N-ethyl adjacent to an activating group) is 1. The summed E-state index contributed by atoms with van der Waals surface area (Å²) >= 11 is 26.8. The molecule has 3 aromatic carbocycles. The maximum absolute atomic E-state index is 13.2. The second-order valence-electron chi connectivity index (χ2n) is 7.94. The van der Waals surface area contributed by atoms with E-state index in [0.29, 0.717) is 60.0 Å². The first kappa shape index (κ1) is 29.3. The first-order valence-corrected chi connectivity index (χ1v) is 15.0. The van der Waals surface area contributed by atoms with Gasteiger partial charge in [0, 0.05) is 26.6 Å². The average Bonchev–Trinajstić information content (AvgIpc) is 3.15. The number of nitrogens with zero attached hydrogens (tertiary/aromatic N) is 2. The third-order valence-corrected chi connectivity index (χ3v) is 8.76. The lowest BCUT2D eigenvalue weighted by atomic mass is 10.1. The minimum atomic E-state index is -0.119. The summed E-state index contributed by atoms with van der Waals surface area (Å²) in [6, 6.07) is 14.4. The summed E-state index contributed by atoms with van der Waals surface area (Å²) in [6.45, 7) is 4.96. The Labute approximate surface area is 257 Å². The molecule has 1 amide bonds. The number of carbonyl (C=O) groups is 1.